The first kappa shape index (κ1) is 15.6. The zero-order valence-corrected chi connectivity index (χ0v) is 10.2. The van der Waals surface area contributed by atoms with Gasteiger partial charge in [0.05, 0.1) is 6.54 Å². The number of carboxylic acids is 2. The summed E-state index contributed by atoms with van der Waals surface area (Å²) >= 11 is 0. The van der Waals surface area contributed by atoms with Crippen LogP contribution in [0.2, 0.25) is 0 Å². The van der Waals surface area contributed by atoms with Crippen LogP contribution in [0.25, 0.3) is 0 Å². The van der Waals surface area contributed by atoms with Crippen LogP contribution in [-0.2, 0) is 9.59 Å². The van der Waals surface area contributed by atoms with Crippen LogP contribution in [0.4, 0.5) is 0 Å². The van der Waals surface area contributed by atoms with Crippen LogP contribution in [0.5, 0.6) is 0 Å². The quantitative estimate of drug-likeness (QED) is 0.401. The molecular formula is C12H21NO4. The van der Waals surface area contributed by atoms with Gasteiger partial charge in [-0.25, -0.2) is 0 Å². The third kappa shape index (κ3) is 5.49. The molecule has 0 aromatic heterocycles. The van der Waals surface area contributed by atoms with Gasteiger partial charge in [0, 0.05) is 0 Å². The van der Waals surface area contributed by atoms with Crippen molar-refractivity contribution in [1.29, 1.82) is 0 Å². The number of carboxylic acid groups (broad SMARTS) is 2. The van der Waals surface area contributed by atoms with E-state index in [1.54, 1.807) is 0 Å². The normalized spacial score (nSPS) is 13.9. The summed E-state index contributed by atoms with van der Waals surface area (Å²) in [5.74, 6) is -2.08. The molecule has 0 saturated heterocycles. The summed E-state index contributed by atoms with van der Waals surface area (Å²) in [6, 6.07) is 0. The fraction of sp³-hybridized carbons (Fsp3) is 0.667. The number of nitrogens with one attached hydrogen (secondary N) is 1. The first-order valence-electron chi connectivity index (χ1n) is 5.79. The van der Waals surface area contributed by atoms with E-state index < -0.39 is 17.5 Å². The third-order valence-corrected chi connectivity index (χ3v) is 2.69. The van der Waals surface area contributed by atoms with E-state index in [4.69, 9.17) is 5.11 Å². The van der Waals surface area contributed by atoms with Crippen molar-refractivity contribution >= 4 is 11.9 Å². The summed E-state index contributed by atoms with van der Waals surface area (Å²) in [6.07, 6.45) is 4.82. The standard InChI is InChI=1S/C12H21NO4/c1-3-5-6-8-12(7-4-2,11(16)17)13-9-10(14)15/h4,13H,2-3,5-9H2,1H3,(H,14,15)(H,16,17). The molecule has 0 radical (unpaired) electrons. The van der Waals surface area contributed by atoms with Gasteiger partial charge < -0.3 is 10.2 Å². The lowest BCUT2D eigenvalue weighted by molar-refractivity contribution is -0.146. The molecule has 0 aromatic carbocycles. The van der Waals surface area contributed by atoms with Crippen LogP contribution in [0.3, 0.4) is 0 Å². The Morgan fingerprint density at radius 2 is 2.00 bits per heavy atom. The Balaban J connectivity index is 4.65. The molecular weight excluding hydrogens is 222 g/mol. The van der Waals surface area contributed by atoms with E-state index in [2.05, 4.69) is 11.9 Å². The van der Waals surface area contributed by atoms with Gasteiger partial charge in [-0.3, -0.25) is 14.9 Å². The lowest BCUT2D eigenvalue weighted by Crippen LogP contribution is -2.53. The van der Waals surface area contributed by atoms with Crippen molar-refractivity contribution in [3.8, 4) is 0 Å². The highest BCUT2D eigenvalue weighted by atomic mass is 16.4. The molecule has 5 nitrogen and oxygen atoms in total. The Morgan fingerprint density at radius 1 is 1.35 bits per heavy atom. The minimum Gasteiger partial charge on any atom is -0.480 e. The smallest absolute Gasteiger partial charge is 0.324 e. The zero-order valence-electron chi connectivity index (χ0n) is 10.2. The van der Waals surface area contributed by atoms with Gasteiger partial charge >= 0.3 is 11.9 Å². The first-order valence-corrected chi connectivity index (χ1v) is 5.79. The van der Waals surface area contributed by atoms with Gasteiger partial charge in [0.15, 0.2) is 0 Å². The first-order chi connectivity index (χ1) is 7.98. The number of rotatable bonds is 10. The maximum atomic E-state index is 11.3. The number of hydrogen-bond donors (Lipinski definition) is 3. The summed E-state index contributed by atoms with van der Waals surface area (Å²) in [6.45, 7) is 5.21. The number of hydrogen-bond acceptors (Lipinski definition) is 3. The molecule has 0 aliphatic heterocycles. The Labute approximate surface area is 102 Å². The van der Waals surface area contributed by atoms with E-state index >= 15 is 0 Å². The number of aliphatic carboxylic acids is 2. The molecule has 0 heterocycles. The van der Waals surface area contributed by atoms with E-state index in [0.717, 1.165) is 19.3 Å². The molecule has 3 N–H and O–H groups in total. The van der Waals surface area contributed by atoms with E-state index in [-0.39, 0.29) is 13.0 Å². The topological polar surface area (TPSA) is 86.6 Å². The van der Waals surface area contributed by atoms with Crippen molar-refractivity contribution in [1.82, 2.24) is 5.32 Å². The van der Waals surface area contributed by atoms with Crippen molar-refractivity contribution in [3.05, 3.63) is 12.7 Å². The van der Waals surface area contributed by atoms with Gasteiger partial charge in [-0.15, -0.1) is 6.58 Å². The van der Waals surface area contributed by atoms with Gasteiger partial charge in [0.1, 0.15) is 5.54 Å². The molecule has 0 saturated carbocycles. The minimum atomic E-state index is -1.20. The van der Waals surface area contributed by atoms with Gasteiger partial charge in [-0.1, -0.05) is 32.3 Å². The summed E-state index contributed by atoms with van der Waals surface area (Å²) in [5.41, 5.74) is -1.20. The van der Waals surface area contributed by atoms with Crippen molar-refractivity contribution < 1.29 is 19.8 Å². The van der Waals surface area contributed by atoms with Crippen LogP contribution < -0.4 is 5.32 Å². The molecule has 0 amide bonds. The molecule has 0 rings (SSSR count). The Kier molecular flexibility index (Phi) is 7.21. The molecule has 1 atom stereocenters. The maximum absolute atomic E-state index is 11.3. The second-order valence-electron chi connectivity index (χ2n) is 4.08. The van der Waals surface area contributed by atoms with Crippen LogP contribution in [0, 0.1) is 0 Å². The average molecular weight is 243 g/mol. The lowest BCUT2D eigenvalue weighted by atomic mass is 9.88. The summed E-state index contributed by atoms with van der Waals surface area (Å²) < 4.78 is 0. The molecule has 5 heteroatoms. The molecule has 0 bridgehead atoms. The number of unbranched alkanes of at least 4 members (excludes halogenated alkanes) is 2. The van der Waals surface area contributed by atoms with Gasteiger partial charge in [0.2, 0.25) is 0 Å². The van der Waals surface area contributed by atoms with Crippen LogP contribution in [0.15, 0.2) is 12.7 Å². The Bertz CT molecular complexity index is 278. The molecule has 0 fully saturated rings. The lowest BCUT2D eigenvalue weighted by Gasteiger charge is -2.29. The third-order valence-electron chi connectivity index (χ3n) is 2.69. The molecule has 98 valence electrons. The molecule has 0 spiro atoms. The van der Waals surface area contributed by atoms with E-state index in [0.29, 0.717) is 6.42 Å². The highest BCUT2D eigenvalue weighted by molar-refractivity contribution is 5.80. The minimum absolute atomic E-state index is 0.222. The predicted molar refractivity (Wildman–Crippen MR) is 65.0 cm³/mol. The van der Waals surface area contributed by atoms with Gasteiger partial charge in [0.25, 0.3) is 0 Å². The largest absolute Gasteiger partial charge is 0.480 e. The van der Waals surface area contributed by atoms with E-state index in [9.17, 15) is 14.7 Å². The van der Waals surface area contributed by atoms with E-state index in [1.807, 2.05) is 6.92 Å². The van der Waals surface area contributed by atoms with E-state index in [1.165, 1.54) is 6.08 Å². The van der Waals surface area contributed by atoms with Crippen molar-refractivity contribution in [2.24, 2.45) is 0 Å². The molecule has 1 unspecified atom stereocenters. The monoisotopic (exact) mass is 243 g/mol. The average Bonchev–Trinajstić information content (AvgIpc) is 2.25. The molecule has 0 aliphatic carbocycles. The van der Waals surface area contributed by atoms with Gasteiger partial charge in [-0.05, 0) is 12.8 Å². The summed E-state index contributed by atoms with van der Waals surface area (Å²) in [4.78, 5) is 21.8. The zero-order chi connectivity index (χ0) is 13.3. The van der Waals surface area contributed by atoms with Crippen LogP contribution in [-0.4, -0.2) is 34.2 Å². The van der Waals surface area contributed by atoms with Crippen molar-refractivity contribution in [2.45, 2.75) is 44.6 Å². The van der Waals surface area contributed by atoms with Crippen LogP contribution in [0.1, 0.15) is 39.0 Å². The van der Waals surface area contributed by atoms with Crippen molar-refractivity contribution in [2.75, 3.05) is 6.54 Å². The molecule has 0 aliphatic rings. The molecule has 0 aromatic rings. The fourth-order valence-electron chi connectivity index (χ4n) is 1.70. The predicted octanol–water partition coefficient (Wildman–Crippen LogP) is 1.64. The van der Waals surface area contributed by atoms with Gasteiger partial charge in [-0.2, -0.15) is 0 Å². The Hall–Kier alpha value is -1.36. The highest BCUT2D eigenvalue weighted by Crippen LogP contribution is 2.20. The SMILES string of the molecule is C=CCC(CCCCC)(NCC(=O)O)C(=O)O. The second kappa shape index (κ2) is 7.84. The summed E-state index contributed by atoms with van der Waals surface area (Å²) in [7, 11) is 0. The van der Waals surface area contributed by atoms with Crippen molar-refractivity contribution in [3.63, 3.8) is 0 Å². The number of carbonyl (C=O) groups is 2. The van der Waals surface area contributed by atoms with Crippen LogP contribution >= 0.6 is 0 Å². The Morgan fingerprint density at radius 3 is 2.41 bits per heavy atom. The molecule has 17 heavy (non-hydrogen) atoms. The summed E-state index contributed by atoms with van der Waals surface area (Å²) in [5, 5.41) is 20.5. The second-order valence-corrected chi connectivity index (χ2v) is 4.08. The maximum Gasteiger partial charge on any atom is 0.324 e. The fourth-order valence-corrected chi connectivity index (χ4v) is 1.70. The highest BCUT2D eigenvalue weighted by Gasteiger charge is 2.36.